The minimum atomic E-state index is 0.163. The summed E-state index contributed by atoms with van der Waals surface area (Å²) in [4.78, 5) is 4.70. The van der Waals surface area contributed by atoms with E-state index in [1.165, 1.54) is 22.4 Å². The first-order chi connectivity index (χ1) is 11.1. The smallest absolute Gasteiger partial charge is 0.0487 e. The van der Waals surface area contributed by atoms with Crippen molar-refractivity contribution in [3.63, 3.8) is 0 Å². The summed E-state index contributed by atoms with van der Waals surface area (Å²) in [5, 5.41) is 3.46. The average Bonchev–Trinajstić information content (AvgIpc) is 2.86. The molecule has 2 rings (SSSR count). The number of aliphatic imine (C=N–C) groups is 1. The summed E-state index contributed by atoms with van der Waals surface area (Å²) in [7, 11) is 0. The molecule has 2 aliphatic rings. The van der Waals surface area contributed by atoms with Gasteiger partial charge in [-0.3, -0.25) is 4.99 Å². The van der Waals surface area contributed by atoms with Crippen LogP contribution in [0.4, 0.5) is 0 Å². The number of nitrogens with zero attached hydrogens (tertiary/aromatic N) is 1. The first-order valence-electron chi connectivity index (χ1n) is 8.87. The maximum atomic E-state index is 4.70. The van der Waals surface area contributed by atoms with Crippen LogP contribution in [0.1, 0.15) is 61.3 Å². The van der Waals surface area contributed by atoms with Crippen LogP contribution in [-0.4, -0.2) is 5.71 Å². The minimum absolute atomic E-state index is 0.163. The third-order valence-electron chi connectivity index (χ3n) is 4.66. The fourth-order valence-electron chi connectivity index (χ4n) is 2.90. The molecular weight excluding hydrogens is 292 g/mol. The van der Waals surface area contributed by atoms with Gasteiger partial charge in [-0.15, -0.1) is 0 Å². The fourth-order valence-corrected chi connectivity index (χ4v) is 2.90. The molecule has 0 aromatic heterocycles. The lowest BCUT2D eigenvalue weighted by atomic mass is 9.85. The normalized spacial score (nSPS) is 21.2. The summed E-state index contributed by atoms with van der Waals surface area (Å²) < 4.78 is 0. The van der Waals surface area contributed by atoms with E-state index in [9.17, 15) is 0 Å². The zero-order chi connectivity index (χ0) is 18.0. The van der Waals surface area contributed by atoms with Crippen LogP contribution < -0.4 is 5.32 Å². The molecule has 0 saturated heterocycles. The maximum Gasteiger partial charge on any atom is 0.0487 e. The Morgan fingerprint density at radius 1 is 0.917 bits per heavy atom. The van der Waals surface area contributed by atoms with E-state index in [1.807, 2.05) is 6.20 Å². The molecule has 0 aliphatic carbocycles. The summed E-state index contributed by atoms with van der Waals surface area (Å²) >= 11 is 0. The number of allylic oxidation sites excluding steroid dienone is 7. The van der Waals surface area contributed by atoms with Crippen LogP contribution in [0.5, 0.6) is 0 Å². The third-order valence-corrected chi connectivity index (χ3v) is 4.66. The molecule has 2 heteroatoms. The number of rotatable bonds is 1. The van der Waals surface area contributed by atoms with Crippen molar-refractivity contribution in [1.82, 2.24) is 5.32 Å². The minimum Gasteiger partial charge on any atom is -0.364 e. The molecule has 0 spiro atoms. The highest BCUT2D eigenvalue weighted by atomic mass is 14.9. The van der Waals surface area contributed by atoms with Crippen molar-refractivity contribution in [1.29, 1.82) is 0 Å². The van der Waals surface area contributed by atoms with Gasteiger partial charge < -0.3 is 5.32 Å². The second kappa shape index (κ2) is 6.96. The summed E-state index contributed by atoms with van der Waals surface area (Å²) in [5.41, 5.74) is 6.70. The molecular formula is C22H32N2. The third kappa shape index (κ3) is 4.59. The number of nitrogens with one attached hydrogen (secondary N) is 1. The van der Waals surface area contributed by atoms with Crippen molar-refractivity contribution in [2.24, 2.45) is 15.8 Å². The summed E-state index contributed by atoms with van der Waals surface area (Å²) in [6, 6.07) is 0. The Morgan fingerprint density at radius 3 is 2.12 bits per heavy atom. The van der Waals surface area contributed by atoms with Gasteiger partial charge in [-0.05, 0) is 46.6 Å². The van der Waals surface area contributed by atoms with Gasteiger partial charge in [0.2, 0.25) is 0 Å². The Balaban J connectivity index is 2.24. The molecule has 0 bridgehead atoms. The monoisotopic (exact) mass is 324 g/mol. The standard InChI is InChI=1S/C22H32N2/c1-16(19-10-8-17(12-14-23-19)21(2,3)4)20-11-9-18(13-15-24-20)22(5,6)7/h8-9,12-15,23H,10-11H2,1-7H3/b19-16-. The molecule has 2 aliphatic heterocycles. The van der Waals surface area contributed by atoms with Gasteiger partial charge in [0.15, 0.2) is 0 Å². The van der Waals surface area contributed by atoms with Gasteiger partial charge in [0.05, 0.1) is 0 Å². The van der Waals surface area contributed by atoms with Crippen LogP contribution in [0, 0.1) is 10.8 Å². The average molecular weight is 325 g/mol. The molecule has 2 nitrogen and oxygen atoms in total. The maximum absolute atomic E-state index is 4.70. The van der Waals surface area contributed by atoms with E-state index in [2.05, 4.69) is 84.3 Å². The largest absolute Gasteiger partial charge is 0.364 e. The first-order valence-corrected chi connectivity index (χ1v) is 8.87. The van der Waals surface area contributed by atoms with Crippen molar-refractivity contribution in [2.45, 2.75) is 61.3 Å². The van der Waals surface area contributed by atoms with Crippen molar-refractivity contribution < 1.29 is 0 Å². The van der Waals surface area contributed by atoms with Crippen LogP contribution in [0.15, 0.2) is 64.1 Å². The number of hydrogen-bond donors (Lipinski definition) is 1. The molecule has 130 valence electrons. The lowest BCUT2D eigenvalue weighted by Crippen LogP contribution is -2.12. The highest BCUT2D eigenvalue weighted by Crippen LogP contribution is 2.30. The highest BCUT2D eigenvalue weighted by Gasteiger charge is 2.18. The molecule has 2 heterocycles. The van der Waals surface area contributed by atoms with E-state index in [-0.39, 0.29) is 10.8 Å². The van der Waals surface area contributed by atoms with Gasteiger partial charge in [0.1, 0.15) is 0 Å². The molecule has 0 aromatic rings. The molecule has 0 fully saturated rings. The van der Waals surface area contributed by atoms with Crippen LogP contribution in [0.3, 0.4) is 0 Å². The van der Waals surface area contributed by atoms with Gasteiger partial charge in [-0.1, -0.05) is 53.7 Å². The number of hydrogen-bond acceptors (Lipinski definition) is 2. The first kappa shape index (κ1) is 18.5. The molecule has 0 amide bonds. The predicted molar refractivity (Wildman–Crippen MR) is 106 cm³/mol. The van der Waals surface area contributed by atoms with E-state index < -0.39 is 0 Å². The summed E-state index contributed by atoms with van der Waals surface area (Å²) in [5.74, 6) is 0. The van der Waals surface area contributed by atoms with Crippen molar-refractivity contribution in [2.75, 3.05) is 0 Å². The van der Waals surface area contributed by atoms with Crippen LogP contribution in [0.2, 0.25) is 0 Å². The Hall–Kier alpha value is -1.83. The molecule has 0 saturated carbocycles. The van der Waals surface area contributed by atoms with Gasteiger partial charge >= 0.3 is 0 Å². The van der Waals surface area contributed by atoms with E-state index in [1.54, 1.807) is 0 Å². The fraction of sp³-hybridized carbons (Fsp3) is 0.500. The van der Waals surface area contributed by atoms with Crippen LogP contribution in [-0.2, 0) is 0 Å². The SMILES string of the molecule is C/C(C1=NC=CC(C(C)(C)C)=CC1)=C1\CC=C(C(C)(C)C)C=CN1. The van der Waals surface area contributed by atoms with Crippen LogP contribution >= 0.6 is 0 Å². The topological polar surface area (TPSA) is 24.4 Å². The molecule has 24 heavy (non-hydrogen) atoms. The second-order valence-corrected chi connectivity index (χ2v) is 8.70. The van der Waals surface area contributed by atoms with Gasteiger partial charge in [-0.25, -0.2) is 0 Å². The Kier molecular flexibility index (Phi) is 5.37. The predicted octanol–water partition coefficient (Wildman–Crippen LogP) is 6.07. The molecule has 0 aromatic carbocycles. The second-order valence-electron chi connectivity index (χ2n) is 8.70. The van der Waals surface area contributed by atoms with E-state index in [0.29, 0.717) is 0 Å². The lowest BCUT2D eigenvalue weighted by Gasteiger charge is -2.19. The quantitative estimate of drug-likeness (QED) is 0.622. The van der Waals surface area contributed by atoms with E-state index in [4.69, 9.17) is 4.99 Å². The molecule has 1 N–H and O–H groups in total. The van der Waals surface area contributed by atoms with E-state index in [0.717, 1.165) is 18.6 Å². The summed E-state index contributed by atoms with van der Waals surface area (Å²) in [6.45, 7) is 15.7. The molecule has 0 radical (unpaired) electrons. The highest BCUT2D eigenvalue weighted by molar-refractivity contribution is 6.01. The van der Waals surface area contributed by atoms with Crippen LogP contribution in [0.25, 0.3) is 0 Å². The van der Waals surface area contributed by atoms with Gasteiger partial charge in [0, 0.05) is 36.7 Å². The van der Waals surface area contributed by atoms with Gasteiger partial charge in [-0.2, -0.15) is 0 Å². The van der Waals surface area contributed by atoms with Crippen molar-refractivity contribution in [3.05, 3.63) is 59.1 Å². The summed E-state index contributed by atoms with van der Waals surface area (Å²) in [6.07, 6.45) is 14.8. The molecule has 0 atom stereocenters. The van der Waals surface area contributed by atoms with Crippen molar-refractivity contribution in [3.8, 4) is 0 Å². The Labute approximate surface area is 147 Å². The Bertz CT molecular complexity index is 666. The lowest BCUT2D eigenvalue weighted by molar-refractivity contribution is 0.515. The van der Waals surface area contributed by atoms with E-state index >= 15 is 0 Å². The Morgan fingerprint density at radius 2 is 1.50 bits per heavy atom. The zero-order valence-corrected chi connectivity index (χ0v) is 16.3. The molecule has 0 unspecified atom stereocenters. The van der Waals surface area contributed by atoms with Crippen molar-refractivity contribution >= 4 is 5.71 Å². The zero-order valence-electron chi connectivity index (χ0n) is 16.3. The van der Waals surface area contributed by atoms with Gasteiger partial charge in [0.25, 0.3) is 0 Å².